The molecule has 7 nitrogen and oxygen atoms in total. The molecule has 0 spiro atoms. The molecule has 0 aliphatic heterocycles. The van der Waals surface area contributed by atoms with E-state index in [2.05, 4.69) is 20.6 Å². The number of nitrogens with one attached hydrogen (secondary N) is 2. The van der Waals surface area contributed by atoms with Crippen molar-refractivity contribution in [1.29, 1.82) is 0 Å². The third-order valence-corrected chi connectivity index (χ3v) is 4.53. The minimum absolute atomic E-state index is 0.0623. The molecule has 0 aromatic carbocycles. The van der Waals surface area contributed by atoms with Gasteiger partial charge in [0.1, 0.15) is 0 Å². The third-order valence-electron chi connectivity index (χ3n) is 4.53. The molecule has 7 heteroatoms. The molecule has 0 saturated heterocycles. The molecule has 0 radical (unpaired) electrons. The van der Waals surface area contributed by atoms with Crippen LogP contribution in [0.3, 0.4) is 0 Å². The Morgan fingerprint density at radius 2 is 1.09 bits per heavy atom. The Kier molecular flexibility index (Phi) is 6.31. The molecule has 2 amide bonds. The summed E-state index contributed by atoms with van der Waals surface area (Å²) in [4.78, 5) is 39.9. The summed E-state index contributed by atoms with van der Waals surface area (Å²) < 4.78 is 0. The molecule has 2 aliphatic carbocycles. The number of hydrogen-bond acceptors (Lipinski definition) is 5. The largest absolute Gasteiger partial charge is 0.335 e. The summed E-state index contributed by atoms with van der Waals surface area (Å²) in [5, 5.41) is 5.98. The number of urea groups is 1. The van der Waals surface area contributed by atoms with E-state index in [1.807, 2.05) is 0 Å². The van der Waals surface area contributed by atoms with Gasteiger partial charge < -0.3 is 10.6 Å². The van der Waals surface area contributed by atoms with Gasteiger partial charge in [0, 0.05) is 12.1 Å². The highest BCUT2D eigenvalue weighted by Gasteiger charge is 2.25. The van der Waals surface area contributed by atoms with E-state index in [-0.39, 0.29) is 30.2 Å². The van der Waals surface area contributed by atoms with Crippen LogP contribution in [0.15, 0.2) is 9.98 Å². The first kappa shape index (κ1) is 16.4. The van der Waals surface area contributed by atoms with Gasteiger partial charge in [-0.05, 0) is 51.4 Å². The fraction of sp³-hybridized carbons (Fsp3) is 0.800. The SMILES string of the molecule is O=C=N[C@H]1CC[C@H](NC(=O)N[C@H]2CC[C@H](N=C=O)CC2)CC1. The number of nitrogens with zero attached hydrogens (tertiary/aromatic N) is 2. The molecule has 0 unspecified atom stereocenters. The van der Waals surface area contributed by atoms with E-state index in [9.17, 15) is 14.4 Å². The number of amides is 2. The minimum Gasteiger partial charge on any atom is -0.335 e. The van der Waals surface area contributed by atoms with Gasteiger partial charge >= 0.3 is 6.03 Å². The van der Waals surface area contributed by atoms with Crippen LogP contribution in [0.4, 0.5) is 4.79 Å². The second kappa shape index (κ2) is 8.47. The molecule has 0 bridgehead atoms. The van der Waals surface area contributed by atoms with Crippen molar-refractivity contribution in [2.45, 2.75) is 75.5 Å². The van der Waals surface area contributed by atoms with Gasteiger partial charge in [0.15, 0.2) is 0 Å². The maximum Gasteiger partial charge on any atom is 0.315 e. The number of isocyanates is 2. The Labute approximate surface area is 129 Å². The van der Waals surface area contributed by atoms with Crippen LogP contribution in [0.25, 0.3) is 0 Å². The Balaban J connectivity index is 1.66. The van der Waals surface area contributed by atoms with Gasteiger partial charge in [0.2, 0.25) is 12.2 Å². The normalized spacial score (nSPS) is 31.3. The Hall–Kier alpha value is -1.97. The van der Waals surface area contributed by atoms with Gasteiger partial charge in [-0.25, -0.2) is 24.4 Å². The van der Waals surface area contributed by atoms with E-state index in [1.165, 1.54) is 0 Å². The van der Waals surface area contributed by atoms with Crippen molar-refractivity contribution < 1.29 is 14.4 Å². The van der Waals surface area contributed by atoms with Gasteiger partial charge in [-0.2, -0.15) is 0 Å². The maximum atomic E-state index is 12.0. The maximum absolute atomic E-state index is 12.0. The average molecular weight is 306 g/mol. The van der Waals surface area contributed by atoms with Gasteiger partial charge in [-0.15, -0.1) is 0 Å². The molecule has 0 aromatic heterocycles. The van der Waals surface area contributed by atoms with Crippen molar-refractivity contribution in [2.24, 2.45) is 9.98 Å². The molecular weight excluding hydrogens is 284 g/mol. The standard InChI is InChI=1S/C15H22N4O3/c20-9-16-11-1-5-13(6-2-11)18-15(22)19-14-7-3-12(4-8-14)17-10-21/h11-14H,1-8H2,(H2,18,19,22)/t11-,12-,13-,14-. The molecule has 2 saturated carbocycles. The number of hydrogen-bond donors (Lipinski definition) is 2. The summed E-state index contributed by atoms with van der Waals surface area (Å²) in [5.41, 5.74) is 0. The van der Waals surface area contributed by atoms with Crippen LogP contribution in [-0.4, -0.2) is 42.4 Å². The van der Waals surface area contributed by atoms with Gasteiger partial charge in [-0.3, -0.25) is 0 Å². The average Bonchev–Trinajstić information content (AvgIpc) is 2.52. The minimum atomic E-state index is -0.135. The lowest BCUT2D eigenvalue weighted by Crippen LogP contribution is -2.48. The van der Waals surface area contributed by atoms with E-state index in [1.54, 1.807) is 12.2 Å². The lowest BCUT2D eigenvalue weighted by Gasteiger charge is -2.29. The molecule has 2 rings (SSSR count). The van der Waals surface area contributed by atoms with Gasteiger partial charge in [-0.1, -0.05) is 0 Å². The van der Waals surface area contributed by atoms with Crippen LogP contribution < -0.4 is 10.6 Å². The van der Waals surface area contributed by atoms with E-state index < -0.39 is 0 Å². The Bertz CT molecular complexity index is 425. The van der Waals surface area contributed by atoms with Crippen LogP contribution in [0.1, 0.15) is 51.4 Å². The highest BCUT2D eigenvalue weighted by Crippen LogP contribution is 2.22. The molecule has 0 atom stereocenters. The van der Waals surface area contributed by atoms with Crippen molar-refractivity contribution in [3.8, 4) is 0 Å². The summed E-state index contributed by atoms with van der Waals surface area (Å²) >= 11 is 0. The van der Waals surface area contributed by atoms with Crippen molar-refractivity contribution in [2.75, 3.05) is 0 Å². The Morgan fingerprint density at radius 1 is 0.727 bits per heavy atom. The highest BCUT2D eigenvalue weighted by molar-refractivity contribution is 5.74. The van der Waals surface area contributed by atoms with E-state index >= 15 is 0 Å². The van der Waals surface area contributed by atoms with Crippen molar-refractivity contribution in [3.05, 3.63) is 0 Å². The summed E-state index contributed by atoms with van der Waals surface area (Å²) in [7, 11) is 0. The first-order valence-electron chi connectivity index (χ1n) is 7.92. The molecule has 2 aliphatic rings. The zero-order chi connectivity index (χ0) is 15.8. The topological polar surface area (TPSA) is 100.0 Å². The second-order valence-corrected chi connectivity index (χ2v) is 6.07. The zero-order valence-electron chi connectivity index (χ0n) is 12.6. The second-order valence-electron chi connectivity index (χ2n) is 6.07. The molecule has 2 fully saturated rings. The summed E-state index contributed by atoms with van der Waals surface area (Å²) in [6, 6.07) is 0.285. The summed E-state index contributed by atoms with van der Waals surface area (Å²) in [6.45, 7) is 0. The van der Waals surface area contributed by atoms with Gasteiger partial charge in [0.05, 0.1) is 12.1 Å². The predicted molar refractivity (Wildman–Crippen MR) is 80.0 cm³/mol. The van der Waals surface area contributed by atoms with Crippen LogP contribution in [0, 0.1) is 0 Å². The number of carbonyl (C=O) groups is 1. The van der Waals surface area contributed by atoms with Crippen molar-refractivity contribution in [3.63, 3.8) is 0 Å². The molecule has 0 heterocycles. The molecular formula is C15H22N4O3. The molecule has 0 aromatic rings. The summed E-state index contributed by atoms with van der Waals surface area (Å²) in [5.74, 6) is 0. The first-order chi connectivity index (χ1) is 10.7. The molecule has 2 N–H and O–H groups in total. The predicted octanol–water partition coefficient (Wildman–Crippen LogP) is 1.58. The fourth-order valence-electron chi connectivity index (χ4n) is 3.26. The van der Waals surface area contributed by atoms with E-state index in [4.69, 9.17) is 0 Å². The quantitative estimate of drug-likeness (QED) is 0.609. The van der Waals surface area contributed by atoms with Crippen molar-refractivity contribution >= 4 is 18.2 Å². The lowest BCUT2D eigenvalue weighted by molar-refractivity contribution is 0.222. The smallest absolute Gasteiger partial charge is 0.315 e. The highest BCUT2D eigenvalue weighted by atomic mass is 16.2. The summed E-state index contributed by atoms with van der Waals surface area (Å²) in [6.07, 6.45) is 9.81. The van der Waals surface area contributed by atoms with Gasteiger partial charge in [0.25, 0.3) is 0 Å². The van der Waals surface area contributed by atoms with Crippen LogP contribution in [0.5, 0.6) is 0 Å². The van der Waals surface area contributed by atoms with Crippen LogP contribution in [-0.2, 0) is 9.59 Å². The lowest BCUT2D eigenvalue weighted by atomic mass is 9.91. The first-order valence-corrected chi connectivity index (χ1v) is 7.92. The van der Waals surface area contributed by atoms with Crippen LogP contribution >= 0.6 is 0 Å². The van der Waals surface area contributed by atoms with Crippen molar-refractivity contribution in [1.82, 2.24) is 10.6 Å². The molecule has 120 valence electrons. The third kappa shape index (κ3) is 5.10. The van der Waals surface area contributed by atoms with Crippen LogP contribution in [0.2, 0.25) is 0 Å². The molecule has 22 heavy (non-hydrogen) atoms. The van der Waals surface area contributed by atoms with E-state index in [0.717, 1.165) is 51.4 Å². The van der Waals surface area contributed by atoms with E-state index in [0.29, 0.717) is 0 Å². The Morgan fingerprint density at radius 3 is 1.41 bits per heavy atom. The number of carbonyl (C=O) groups excluding carboxylic acids is 3. The monoisotopic (exact) mass is 306 g/mol. The fourth-order valence-corrected chi connectivity index (χ4v) is 3.26. The number of aliphatic imine (C=N–C) groups is 2. The zero-order valence-corrected chi connectivity index (χ0v) is 12.6. The number of rotatable bonds is 4.